The molecule has 0 amide bonds. The van der Waals surface area contributed by atoms with Gasteiger partial charge in [0.2, 0.25) is 0 Å². The average Bonchev–Trinajstić information content (AvgIpc) is 2.17. The fourth-order valence-corrected chi connectivity index (χ4v) is 1.28. The van der Waals surface area contributed by atoms with Crippen molar-refractivity contribution in [3.05, 3.63) is 17.7 Å². The SMILES string of the molecule is Cc1c(OC#N)ccc(S)c1OC#N. The second-order valence-corrected chi connectivity index (χ2v) is 2.91. The molecule has 14 heavy (non-hydrogen) atoms. The van der Waals surface area contributed by atoms with Crippen LogP contribution in [0.3, 0.4) is 0 Å². The Morgan fingerprint density at radius 1 is 1.21 bits per heavy atom. The van der Waals surface area contributed by atoms with E-state index in [1.54, 1.807) is 31.6 Å². The Bertz CT molecular complexity index is 432. The smallest absolute Gasteiger partial charge is 0.292 e. The van der Waals surface area contributed by atoms with Crippen LogP contribution in [0.15, 0.2) is 17.0 Å². The van der Waals surface area contributed by atoms with Gasteiger partial charge >= 0.3 is 0 Å². The Morgan fingerprint density at radius 2 is 1.86 bits per heavy atom. The van der Waals surface area contributed by atoms with E-state index in [2.05, 4.69) is 17.4 Å². The summed E-state index contributed by atoms with van der Waals surface area (Å²) in [5, 5.41) is 16.7. The van der Waals surface area contributed by atoms with Crippen molar-refractivity contribution < 1.29 is 9.47 Å². The molecule has 0 unspecified atom stereocenters. The Kier molecular flexibility index (Phi) is 3.22. The van der Waals surface area contributed by atoms with E-state index in [9.17, 15) is 0 Å². The minimum Gasteiger partial charge on any atom is -0.388 e. The summed E-state index contributed by atoms with van der Waals surface area (Å²) in [5.74, 6) is 0.666. The minimum absolute atomic E-state index is 0.309. The molecule has 0 spiro atoms. The van der Waals surface area contributed by atoms with Crippen LogP contribution in [0.4, 0.5) is 0 Å². The van der Waals surface area contributed by atoms with Crippen LogP contribution >= 0.6 is 12.6 Å². The van der Waals surface area contributed by atoms with Gasteiger partial charge in [0.1, 0.15) is 5.75 Å². The molecule has 70 valence electrons. The lowest BCUT2D eigenvalue weighted by Crippen LogP contribution is -1.92. The molecule has 0 heterocycles. The van der Waals surface area contributed by atoms with Crippen LogP contribution in [0, 0.1) is 30.0 Å². The third kappa shape index (κ3) is 1.90. The molecule has 5 heteroatoms. The summed E-state index contributed by atoms with van der Waals surface area (Å²) in [4.78, 5) is 0.523. The first-order valence-corrected chi connectivity index (χ1v) is 4.10. The van der Waals surface area contributed by atoms with Crippen molar-refractivity contribution in [2.24, 2.45) is 0 Å². The molecule has 0 aliphatic rings. The zero-order valence-electron chi connectivity index (χ0n) is 7.31. The molecule has 0 saturated heterocycles. The summed E-state index contributed by atoms with van der Waals surface area (Å²) in [6.07, 6.45) is 3.10. The highest BCUT2D eigenvalue weighted by Crippen LogP contribution is 2.33. The van der Waals surface area contributed by atoms with Gasteiger partial charge in [0.25, 0.3) is 12.5 Å². The quantitative estimate of drug-likeness (QED) is 0.593. The Labute approximate surface area is 86.7 Å². The van der Waals surface area contributed by atoms with E-state index < -0.39 is 0 Å². The number of rotatable bonds is 2. The van der Waals surface area contributed by atoms with Gasteiger partial charge in [-0.1, -0.05) is 0 Å². The maximum absolute atomic E-state index is 8.38. The van der Waals surface area contributed by atoms with Gasteiger partial charge in [0.15, 0.2) is 5.75 Å². The zero-order valence-corrected chi connectivity index (χ0v) is 8.21. The van der Waals surface area contributed by atoms with Crippen LogP contribution in [-0.2, 0) is 0 Å². The van der Waals surface area contributed by atoms with E-state index >= 15 is 0 Å². The first-order valence-electron chi connectivity index (χ1n) is 3.65. The molecular weight excluding hydrogens is 200 g/mol. The molecule has 0 aliphatic carbocycles. The van der Waals surface area contributed by atoms with Gasteiger partial charge in [0.05, 0.1) is 0 Å². The van der Waals surface area contributed by atoms with E-state index in [0.29, 0.717) is 22.0 Å². The second-order valence-electron chi connectivity index (χ2n) is 2.42. The van der Waals surface area contributed by atoms with Gasteiger partial charge in [-0.15, -0.1) is 23.2 Å². The lowest BCUT2D eigenvalue weighted by molar-refractivity contribution is 0.468. The fourth-order valence-electron chi connectivity index (χ4n) is 0.994. The summed E-state index contributed by atoms with van der Waals surface area (Å²) < 4.78 is 9.35. The van der Waals surface area contributed by atoms with Crippen LogP contribution in [0.5, 0.6) is 11.5 Å². The van der Waals surface area contributed by atoms with Gasteiger partial charge in [-0.3, -0.25) is 0 Å². The van der Waals surface area contributed by atoms with Gasteiger partial charge in [0, 0.05) is 10.5 Å². The predicted molar refractivity (Wildman–Crippen MR) is 50.9 cm³/mol. The summed E-state index contributed by atoms with van der Waals surface area (Å²) in [6.45, 7) is 1.68. The van der Waals surface area contributed by atoms with Crippen molar-refractivity contribution in [3.63, 3.8) is 0 Å². The standard InChI is InChI=1S/C9H6N2O2S/c1-6-7(12-4-10)2-3-8(14)9(6)13-5-11/h2-3,14H,1H3. The van der Waals surface area contributed by atoms with Gasteiger partial charge in [-0.2, -0.15) is 0 Å². The molecule has 4 nitrogen and oxygen atoms in total. The van der Waals surface area contributed by atoms with E-state index in [4.69, 9.17) is 15.3 Å². The monoisotopic (exact) mass is 206 g/mol. The largest absolute Gasteiger partial charge is 0.388 e. The lowest BCUT2D eigenvalue weighted by Gasteiger charge is -2.07. The number of ether oxygens (including phenoxy) is 2. The molecule has 1 rings (SSSR count). The van der Waals surface area contributed by atoms with Crippen molar-refractivity contribution in [2.45, 2.75) is 11.8 Å². The van der Waals surface area contributed by atoms with Gasteiger partial charge in [-0.05, 0) is 19.1 Å². The first kappa shape index (κ1) is 10.2. The van der Waals surface area contributed by atoms with E-state index in [1.807, 2.05) is 0 Å². The van der Waals surface area contributed by atoms with Crippen LogP contribution in [0.2, 0.25) is 0 Å². The molecule has 0 radical (unpaired) electrons. The number of benzene rings is 1. The minimum atomic E-state index is 0.309. The number of hydrogen-bond acceptors (Lipinski definition) is 5. The van der Waals surface area contributed by atoms with Crippen LogP contribution in [-0.4, -0.2) is 0 Å². The van der Waals surface area contributed by atoms with Crippen molar-refractivity contribution in [2.75, 3.05) is 0 Å². The molecule has 0 bridgehead atoms. The van der Waals surface area contributed by atoms with E-state index in [-0.39, 0.29) is 0 Å². The number of thiol groups is 1. The average molecular weight is 206 g/mol. The number of nitrogens with zero attached hydrogens (tertiary/aromatic N) is 2. The van der Waals surface area contributed by atoms with Crippen molar-refractivity contribution in [1.82, 2.24) is 0 Å². The van der Waals surface area contributed by atoms with Crippen molar-refractivity contribution in [1.29, 1.82) is 10.5 Å². The highest BCUT2D eigenvalue weighted by Gasteiger charge is 2.10. The summed E-state index contributed by atoms with van der Waals surface area (Å²) >= 11 is 4.10. The molecule has 0 atom stereocenters. The summed E-state index contributed by atoms with van der Waals surface area (Å²) in [5.41, 5.74) is 0.570. The van der Waals surface area contributed by atoms with E-state index in [1.165, 1.54) is 0 Å². The zero-order chi connectivity index (χ0) is 10.6. The number of nitriles is 2. The molecule has 0 aliphatic heterocycles. The van der Waals surface area contributed by atoms with Crippen LogP contribution in [0.1, 0.15) is 5.56 Å². The Balaban J connectivity index is 3.21. The Hall–Kier alpha value is -1.85. The molecule has 0 fully saturated rings. The second kappa shape index (κ2) is 4.40. The Morgan fingerprint density at radius 3 is 2.43 bits per heavy atom. The highest BCUT2D eigenvalue weighted by molar-refractivity contribution is 7.80. The predicted octanol–water partition coefficient (Wildman–Crippen LogP) is 2.00. The summed E-state index contributed by atoms with van der Waals surface area (Å²) in [7, 11) is 0. The molecule has 1 aromatic rings. The van der Waals surface area contributed by atoms with Crippen molar-refractivity contribution >= 4 is 12.6 Å². The maximum Gasteiger partial charge on any atom is 0.292 e. The van der Waals surface area contributed by atoms with Gasteiger partial charge < -0.3 is 9.47 Å². The topological polar surface area (TPSA) is 66.0 Å². The molecule has 0 saturated carbocycles. The molecule has 0 aromatic heterocycles. The third-order valence-electron chi connectivity index (χ3n) is 1.64. The van der Waals surface area contributed by atoms with Crippen LogP contribution < -0.4 is 9.47 Å². The number of hydrogen-bond donors (Lipinski definition) is 1. The molecular formula is C9H6N2O2S. The molecule has 0 N–H and O–H groups in total. The maximum atomic E-state index is 8.38. The fraction of sp³-hybridized carbons (Fsp3) is 0.111. The first-order chi connectivity index (χ1) is 6.70. The lowest BCUT2D eigenvalue weighted by atomic mass is 10.2. The van der Waals surface area contributed by atoms with Crippen molar-refractivity contribution in [3.8, 4) is 24.0 Å². The third-order valence-corrected chi connectivity index (χ3v) is 1.99. The van der Waals surface area contributed by atoms with Gasteiger partial charge in [-0.25, -0.2) is 0 Å². The van der Waals surface area contributed by atoms with Crippen LogP contribution in [0.25, 0.3) is 0 Å². The normalized spacial score (nSPS) is 8.57. The summed E-state index contributed by atoms with van der Waals surface area (Å²) in [6, 6.07) is 3.18. The molecule has 1 aromatic carbocycles. The van der Waals surface area contributed by atoms with E-state index in [0.717, 1.165) is 0 Å². The highest BCUT2D eigenvalue weighted by atomic mass is 32.1.